The van der Waals surface area contributed by atoms with Gasteiger partial charge in [0.25, 0.3) is 0 Å². The van der Waals surface area contributed by atoms with Gasteiger partial charge in [-0.2, -0.15) is 0 Å². The Morgan fingerprint density at radius 3 is 1.39 bits per heavy atom. The third-order valence-electron chi connectivity index (χ3n) is 8.24. The summed E-state index contributed by atoms with van der Waals surface area (Å²) in [5, 5.41) is 18.2. The number of ether oxygens (including phenoxy) is 1. The van der Waals surface area contributed by atoms with Crippen LogP contribution in [-0.2, 0) is 11.3 Å². The highest BCUT2D eigenvalue weighted by Crippen LogP contribution is 2.25. The maximum absolute atomic E-state index is 7.43. The molecule has 0 saturated carbocycles. The summed E-state index contributed by atoms with van der Waals surface area (Å²) in [6.45, 7) is 7.01. The molecule has 56 heavy (non-hydrogen) atoms. The summed E-state index contributed by atoms with van der Waals surface area (Å²) in [4.78, 5) is 0. The van der Waals surface area contributed by atoms with Gasteiger partial charge in [-0.25, -0.2) is 0 Å². The minimum atomic E-state index is 0.0413. The molecule has 0 radical (unpaired) electrons. The number of hydrogen-bond acceptors (Lipinski definition) is 5. The number of hydrogen-bond donors (Lipinski definition) is 6. The summed E-state index contributed by atoms with van der Waals surface area (Å²) in [5.74, 6) is 1.05. The summed E-state index contributed by atoms with van der Waals surface area (Å²) in [6.07, 6.45) is 6.33. The molecule has 0 aromatic heterocycles. The Hall–Kier alpha value is -6.70. The fourth-order valence-electron chi connectivity index (χ4n) is 5.34. The quantitative estimate of drug-likeness (QED) is 0.0338. The van der Waals surface area contributed by atoms with Crippen molar-refractivity contribution in [1.29, 1.82) is 10.8 Å². The normalized spacial score (nSPS) is 10.6. The molecule has 0 spiro atoms. The van der Waals surface area contributed by atoms with E-state index in [1.807, 2.05) is 127 Å². The molecule has 0 aliphatic rings. The highest BCUT2D eigenvalue weighted by Gasteiger charge is 2.07. The van der Waals surface area contributed by atoms with E-state index in [0.29, 0.717) is 17.7 Å². The lowest BCUT2D eigenvalue weighted by molar-refractivity contribution is 0.309. The second-order valence-corrected chi connectivity index (χ2v) is 12.6. The van der Waals surface area contributed by atoms with Gasteiger partial charge in [0, 0.05) is 34.6 Å². The third-order valence-corrected chi connectivity index (χ3v) is 8.24. The van der Waals surface area contributed by atoms with Crippen LogP contribution in [0.4, 0.5) is 11.4 Å². The number of nitrogens with two attached hydrogens (primary N) is 3. The lowest BCUT2D eigenvalue weighted by Gasteiger charge is -2.12. The van der Waals surface area contributed by atoms with E-state index in [9.17, 15) is 0 Å². The number of benzene rings is 6. The Bertz CT molecular complexity index is 2020. The van der Waals surface area contributed by atoms with E-state index in [2.05, 4.69) is 62.5 Å². The molecule has 6 aromatic carbocycles. The molecular formula is C49H56N6O. The third kappa shape index (κ3) is 15.3. The van der Waals surface area contributed by atoms with Crippen LogP contribution in [-0.4, -0.2) is 18.8 Å². The minimum Gasteiger partial charge on any atom is -0.496 e. The maximum Gasteiger partial charge on any atom is 0.122 e. The highest BCUT2D eigenvalue weighted by atomic mass is 16.5. The van der Waals surface area contributed by atoms with Gasteiger partial charge < -0.3 is 27.3 Å². The molecule has 0 bridgehead atoms. The second-order valence-electron chi connectivity index (χ2n) is 12.6. The number of rotatable bonds is 11. The SMILES string of the molecule is CC/C=C(\C(=C/CC)OC)c1ccc(C)cc1.N=C(N)c1cccc(-c2cccc(C(=N)N)c2)c1.NCc1ccccc1.c1ccc(Nc2ccccc2)cc1. The van der Waals surface area contributed by atoms with Crippen LogP contribution in [0.15, 0.2) is 182 Å². The van der Waals surface area contributed by atoms with Gasteiger partial charge >= 0.3 is 0 Å². The molecular weight excluding hydrogens is 689 g/mol. The number of aryl methyl sites for hydroxylation is 1. The van der Waals surface area contributed by atoms with Gasteiger partial charge in [0.15, 0.2) is 0 Å². The Labute approximate surface area is 333 Å². The molecule has 0 unspecified atom stereocenters. The number of amidine groups is 2. The Balaban J connectivity index is 0.000000207. The van der Waals surface area contributed by atoms with Crippen molar-refractivity contribution in [3.8, 4) is 11.1 Å². The van der Waals surface area contributed by atoms with Gasteiger partial charge in [0.1, 0.15) is 17.4 Å². The Morgan fingerprint density at radius 2 is 1.02 bits per heavy atom. The second kappa shape index (κ2) is 24.6. The molecule has 0 fully saturated rings. The molecule has 0 aliphatic carbocycles. The highest BCUT2D eigenvalue weighted by molar-refractivity contribution is 5.97. The first kappa shape index (κ1) is 43.7. The summed E-state index contributed by atoms with van der Waals surface area (Å²) < 4.78 is 5.48. The van der Waals surface area contributed by atoms with Crippen LogP contribution < -0.4 is 22.5 Å². The lowest BCUT2D eigenvalue weighted by Crippen LogP contribution is -2.11. The molecule has 0 aliphatic heterocycles. The van der Waals surface area contributed by atoms with Crippen molar-refractivity contribution >= 4 is 28.6 Å². The fraction of sp³-hybridized carbons (Fsp3) is 0.143. The largest absolute Gasteiger partial charge is 0.496 e. The Morgan fingerprint density at radius 1 is 0.571 bits per heavy atom. The van der Waals surface area contributed by atoms with Gasteiger partial charge in [-0.3, -0.25) is 10.8 Å². The predicted octanol–water partition coefficient (Wildman–Crippen LogP) is 11.2. The van der Waals surface area contributed by atoms with Crippen molar-refractivity contribution in [3.05, 3.63) is 210 Å². The van der Waals surface area contributed by atoms with Crippen molar-refractivity contribution in [2.45, 2.75) is 40.2 Å². The standard InChI is InChI=1S/C16H22O.C14H14N4.C12H11N.C7H9N/c1-5-7-15(16(17-4)8-6-2)14-11-9-13(3)10-12-14;15-13(16)11-5-1-3-9(7-11)10-4-2-6-12(8-10)14(17)18;1-3-7-11(8-4-1)13-12-9-5-2-6-10-12;8-6-7-4-2-1-3-5-7/h7-12H,5-6H2,1-4H3;1-8H,(H3,15,16)(H3,17,18);1-10,13H;1-5H,6,8H2/b15-7-,16-8+;;;. The Kier molecular flexibility index (Phi) is 19.2. The summed E-state index contributed by atoms with van der Waals surface area (Å²) >= 11 is 0. The number of anilines is 2. The molecule has 0 amide bonds. The average molecular weight is 745 g/mol. The first-order valence-electron chi connectivity index (χ1n) is 18.7. The number of nitrogens with one attached hydrogen (secondary N) is 3. The molecule has 7 heteroatoms. The number of nitrogen functional groups attached to an aromatic ring is 2. The van der Waals surface area contributed by atoms with Crippen molar-refractivity contribution in [2.24, 2.45) is 17.2 Å². The van der Waals surface area contributed by atoms with Gasteiger partial charge in [-0.1, -0.05) is 153 Å². The van der Waals surface area contributed by atoms with E-state index in [1.54, 1.807) is 19.2 Å². The zero-order valence-corrected chi connectivity index (χ0v) is 33.0. The summed E-state index contributed by atoms with van der Waals surface area (Å²) in [5.41, 5.74) is 26.7. The molecule has 6 rings (SSSR count). The van der Waals surface area contributed by atoms with Crippen LogP contribution in [0.1, 0.15) is 54.5 Å². The van der Waals surface area contributed by atoms with Crippen LogP contribution >= 0.6 is 0 Å². The molecule has 7 nitrogen and oxygen atoms in total. The first-order chi connectivity index (χ1) is 27.2. The van der Waals surface area contributed by atoms with Gasteiger partial charge in [0.05, 0.1) is 7.11 Å². The predicted molar refractivity (Wildman–Crippen MR) is 239 cm³/mol. The molecule has 6 aromatic rings. The van der Waals surface area contributed by atoms with E-state index >= 15 is 0 Å². The van der Waals surface area contributed by atoms with Crippen molar-refractivity contribution < 1.29 is 4.74 Å². The average Bonchev–Trinajstić information content (AvgIpc) is 3.24. The molecule has 288 valence electrons. The van der Waals surface area contributed by atoms with Crippen molar-refractivity contribution in [3.63, 3.8) is 0 Å². The number of allylic oxidation sites excluding steroid dienone is 3. The van der Waals surface area contributed by atoms with Crippen LogP contribution in [0, 0.1) is 17.7 Å². The van der Waals surface area contributed by atoms with E-state index in [4.69, 9.17) is 32.8 Å². The summed E-state index contributed by atoms with van der Waals surface area (Å²) in [6, 6.07) is 53.7. The lowest BCUT2D eigenvalue weighted by atomic mass is 10.0. The molecule has 0 heterocycles. The summed E-state index contributed by atoms with van der Waals surface area (Å²) in [7, 11) is 1.74. The minimum absolute atomic E-state index is 0.0413. The van der Waals surface area contributed by atoms with Crippen LogP contribution in [0.3, 0.4) is 0 Å². The van der Waals surface area contributed by atoms with Crippen LogP contribution in [0.25, 0.3) is 16.7 Å². The molecule has 0 atom stereocenters. The fourth-order valence-corrected chi connectivity index (χ4v) is 5.34. The van der Waals surface area contributed by atoms with Crippen LogP contribution in [0.2, 0.25) is 0 Å². The maximum atomic E-state index is 7.43. The smallest absolute Gasteiger partial charge is 0.122 e. The van der Waals surface area contributed by atoms with E-state index in [0.717, 1.165) is 41.1 Å². The molecule has 0 saturated heterocycles. The number of methoxy groups -OCH3 is 1. The topological polar surface area (TPSA) is 147 Å². The zero-order chi connectivity index (χ0) is 40.5. The van der Waals surface area contributed by atoms with Gasteiger partial charge in [0.2, 0.25) is 0 Å². The van der Waals surface area contributed by atoms with Crippen LogP contribution in [0.5, 0.6) is 0 Å². The van der Waals surface area contributed by atoms with Crippen molar-refractivity contribution in [2.75, 3.05) is 12.4 Å². The van der Waals surface area contributed by atoms with E-state index < -0.39 is 0 Å². The number of para-hydroxylation sites is 2. The first-order valence-corrected chi connectivity index (χ1v) is 18.7. The van der Waals surface area contributed by atoms with E-state index in [1.165, 1.54) is 22.3 Å². The van der Waals surface area contributed by atoms with Gasteiger partial charge in [-0.15, -0.1) is 0 Å². The van der Waals surface area contributed by atoms with Crippen molar-refractivity contribution in [1.82, 2.24) is 0 Å². The monoisotopic (exact) mass is 744 g/mol. The zero-order valence-electron chi connectivity index (χ0n) is 33.0. The van der Waals surface area contributed by atoms with Gasteiger partial charge in [-0.05, 0) is 84.5 Å². The molecule has 9 N–H and O–H groups in total. The van der Waals surface area contributed by atoms with E-state index in [-0.39, 0.29) is 11.7 Å².